The van der Waals surface area contributed by atoms with E-state index in [1.807, 2.05) is 13.2 Å². The predicted molar refractivity (Wildman–Crippen MR) is 66.7 cm³/mol. The van der Waals surface area contributed by atoms with Crippen molar-refractivity contribution in [2.24, 2.45) is 0 Å². The second-order valence-electron chi connectivity index (χ2n) is 3.10. The Bertz CT molecular complexity index is 317. The minimum absolute atomic E-state index is 0.263. The normalized spacial score (nSPS) is 10.3. The van der Waals surface area contributed by atoms with Gasteiger partial charge in [0.05, 0.1) is 6.61 Å². The first-order valence-corrected chi connectivity index (χ1v) is 6.88. The Morgan fingerprint density at radius 3 is 2.93 bits per heavy atom. The number of hydrogen-bond acceptors (Lipinski definition) is 5. The van der Waals surface area contributed by atoms with Crippen molar-refractivity contribution in [1.29, 1.82) is 0 Å². The van der Waals surface area contributed by atoms with Crippen molar-refractivity contribution in [3.63, 3.8) is 0 Å². The molecule has 5 heteroatoms. The molecular weight excluding hydrogens is 230 g/mol. The number of esters is 1. The van der Waals surface area contributed by atoms with Gasteiger partial charge in [-0.1, -0.05) is 0 Å². The molecule has 0 unspecified atom stereocenters. The molecule has 0 saturated heterocycles. The Morgan fingerprint density at radius 2 is 2.40 bits per heavy atom. The van der Waals surface area contributed by atoms with E-state index in [0.29, 0.717) is 17.2 Å². The van der Waals surface area contributed by atoms with Crippen molar-refractivity contribution < 1.29 is 9.53 Å². The first-order valence-electron chi connectivity index (χ1n) is 4.67. The smallest absolute Gasteiger partial charge is 0.348 e. The molecule has 3 nitrogen and oxygen atoms in total. The maximum absolute atomic E-state index is 11.5. The lowest BCUT2D eigenvalue weighted by atomic mass is 10.4. The van der Waals surface area contributed by atoms with Gasteiger partial charge in [0.2, 0.25) is 0 Å². The van der Waals surface area contributed by atoms with E-state index in [4.69, 9.17) is 10.5 Å². The van der Waals surface area contributed by atoms with Crippen LogP contribution in [-0.2, 0) is 4.74 Å². The summed E-state index contributed by atoms with van der Waals surface area (Å²) >= 11 is 3.13. The van der Waals surface area contributed by atoms with Crippen LogP contribution in [0.3, 0.4) is 0 Å². The van der Waals surface area contributed by atoms with E-state index >= 15 is 0 Å². The van der Waals surface area contributed by atoms with Gasteiger partial charge < -0.3 is 10.5 Å². The molecule has 0 aliphatic heterocycles. The Kier molecular flexibility index (Phi) is 4.98. The number of carbonyl (C=O) groups is 1. The molecule has 1 aromatic rings. The standard InChI is InChI=1S/C10H15NO2S2/c1-7-8(11)6-9(15-7)10(12)13-4-3-5-14-2/h6H,3-5,11H2,1-2H3. The molecule has 0 aliphatic rings. The van der Waals surface area contributed by atoms with E-state index < -0.39 is 0 Å². The Labute approximate surface area is 98.0 Å². The quantitative estimate of drug-likeness (QED) is 0.640. The molecule has 0 atom stereocenters. The van der Waals surface area contributed by atoms with E-state index in [1.54, 1.807) is 17.8 Å². The largest absolute Gasteiger partial charge is 0.461 e. The minimum Gasteiger partial charge on any atom is -0.461 e. The zero-order valence-corrected chi connectivity index (χ0v) is 10.5. The first kappa shape index (κ1) is 12.4. The van der Waals surface area contributed by atoms with Crippen LogP contribution in [0.5, 0.6) is 0 Å². The van der Waals surface area contributed by atoms with E-state index in [0.717, 1.165) is 17.1 Å². The molecule has 0 radical (unpaired) electrons. The van der Waals surface area contributed by atoms with Crippen molar-refractivity contribution in [2.45, 2.75) is 13.3 Å². The van der Waals surface area contributed by atoms with Crippen LogP contribution in [0.2, 0.25) is 0 Å². The number of thioether (sulfide) groups is 1. The molecule has 1 heterocycles. The number of thiophene rings is 1. The van der Waals surface area contributed by atoms with Gasteiger partial charge in [0, 0.05) is 10.6 Å². The van der Waals surface area contributed by atoms with Gasteiger partial charge >= 0.3 is 5.97 Å². The molecule has 15 heavy (non-hydrogen) atoms. The van der Waals surface area contributed by atoms with Crippen LogP contribution in [0.4, 0.5) is 5.69 Å². The van der Waals surface area contributed by atoms with E-state index in [-0.39, 0.29) is 5.97 Å². The number of aryl methyl sites for hydroxylation is 1. The summed E-state index contributed by atoms with van der Waals surface area (Å²) in [6, 6.07) is 1.68. The fourth-order valence-corrected chi connectivity index (χ4v) is 2.28. The van der Waals surface area contributed by atoms with Gasteiger partial charge in [0.1, 0.15) is 4.88 Å². The third kappa shape index (κ3) is 3.76. The van der Waals surface area contributed by atoms with Gasteiger partial charge in [0.15, 0.2) is 0 Å². The van der Waals surface area contributed by atoms with Crippen LogP contribution in [-0.4, -0.2) is 24.6 Å². The van der Waals surface area contributed by atoms with Crippen molar-refractivity contribution in [3.05, 3.63) is 15.8 Å². The third-order valence-corrected chi connectivity index (χ3v) is 3.63. The highest BCUT2D eigenvalue weighted by Gasteiger charge is 2.11. The lowest BCUT2D eigenvalue weighted by Gasteiger charge is -2.01. The first-order chi connectivity index (χ1) is 7.15. The van der Waals surface area contributed by atoms with Crippen LogP contribution < -0.4 is 5.73 Å². The molecule has 1 aromatic heterocycles. The van der Waals surface area contributed by atoms with Crippen LogP contribution in [0, 0.1) is 6.92 Å². The summed E-state index contributed by atoms with van der Waals surface area (Å²) in [4.78, 5) is 13.1. The molecule has 0 bridgehead atoms. The molecule has 0 spiro atoms. The summed E-state index contributed by atoms with van der Waals surface area (Å²) in [5, 5.41) is 0. The minimum atomic E-state index is -0.263. The molecule has 0 aromatic carbocycles. The van der Waals surface area contributed by atoms with E-state index in [1.165, 1.54) is 11.3 Å². The third-order valence-electron chi connectivity index (χ3n) is 1.88. The molecule has 0 amide bonds. The van der Waals surface area contributed by atoms with Gasteiger partial charge in [-0.3, -0.25) is 0 Å². The monoisotopic (exact) mass is 245 g/mol. The van der Waals surface area contributed by atoms with Crippen molar-refractivity contribution in [2.75, 3.05) is 24.3 Å². The number of nitrogens with two attached hydrogens (primary N) is 1. The van der Waals surface area contributed by atoms with Crippen LogP contribution in [0.25, 0.3) is 0 Å². The summed E-state index contributed by atoms with van der Waals surface area (Å²) in [5.41, 5.74) is 6.32. The summed E-state index contributed by atoms with van der Waals surface area (Å²) in [6.07, 6.45) is 2.93. The fraction of sp³-hybridized carbons (Fsp3) is 0.500. The SMILES string of the molecule is CSCCCOC(=O)c1cc(N)c(C)s1. The zero-order chi connectivity index (χ0) is 11.3. The predicted octanol–water partition coefficient (Wildman–Crippen LogP) is 2.55. The van der Waals surface area contributed by atoms with Gasteiger partial charge in [0.25, 0.3) is 0 Å². The molecule has 84 valence electrons. The van der Waals surface area contributed by atoms with Gasteiger partial charge in [-0.25, -0.2) is 4.79 Å². The summed E-state index contributed by atoms with van der Waals surface area (Å²) < 4.78 is 5.10. The van der Waals surface area contributed by atoms with Crippen LogP contribution in [0.1, 0.15) is 21.0 Å². The highest BCUT2D eigenvalue weighted by Crippen LogP contribution is 2.23. The molecule has 0 saturated carbocycles. The maximum atomic E-state index is 11.5. The number of ether oxygens (including phenoxy) is 1. The van der Waals surface area contributed by atoms with Crippen molar-refractivity contribution in [1.82, 2.24) is 0 Å². The second-order valence-corrected chi connectivity index (χ2v) is 5.35. The van der Waals surface area contributed by atoms with Gasteiger partial charge in [-0.15, -0.1) is 11.3 Å². The average Bonchev–Trinajstić information content (AvgIpc) is 2.54. The lowest BCUT2D eigenvalue weighted by Crippen LogP contribution is -2.05. The van der Waals surface area contributed by atoms with E-state index in [9.17, 15) is 4.79 Å². The highest BCUT2D eigenvalue weighted by molar-refractivity contribution is 7.98. The number of carbonyl (C=O) groups excluding carboxylic acids is 1. The van der Waals surface area contributed by atoms with Crippen molar-refractivity contribution in [3.8, 4) is 0 Å². The fourth-order valence-electron chi connectivity index (χ4n) is 1.04. The van der Waals surface area contributed by atoms with Crippen LogP contribution >= 0.6 is 23.1 Å². The average molecular weight is 245 g/mol. The summed E-state index contributed by atoms with van der Waals surface area (Å²) in [7, 11) is 0. The van der Waals surface area contributed by atoms with Gasteiger partial charge in [-0.05, 0) is 31.4 Å². The Morgan fingerprint density at radius 1 is 1.67 bits per heavy atom. The summed E-state index contributed by atoms with van der Waals surface area (Å²) in [6.45, 7) is 2.38. The number of rotatable bonds is 5. The van der Waals surface area contributed by atoms with Gasteiger partial charge in [-0.2, -0.15) is 11.8 Å². The van der Waals surface area contributed by atoms with E-state index in [2.05, 4.69) is 0 Å². The zero-order valence-electron chi connectivity index (χ0n) is 8.91. The number of anilines is 1. The molecule has 0 fully saturated rings. The Hall–Kier alpha value is -0.680. The molecule has 0 aliphatic carbocycles. The second kappa shape index (κ2) is 6.02. The topological polar surface area (TPSA) is 52.3 Å². The summed E-state index contributed by atoms with van der Waals surface area (Å²) in [5.74, 6) is 0.750. The lowest BCUT2D eigenvalue weighted by molar-refractivity contribution is 0.0512. The number of nitrogen functional groups attached to an aromatic ring is 1. The number of hydrogen-bond donors (Lipinski definition) is 1. The molecule has 2 N–H and O–H groups in total. The highest BCUT2D eigenvalue weighted by atomic mass is 32.2. The van der Waals surface area contributed by atoms with Crippen LogP contribution in [0.15, 0.2) is 6.07 Å². The molecule has 1 rings (SSSR count). The maximum Gasteiger partial charge on any atom is 0.348 e. The van der Waals surface area contributed by atoms with Crippen molar-refractivity contribution >= 4 is 34.8 Å². The molecular formula is C10H15NO2S2. The Balaban J connectivity index is 2.40.